The van der Waals surface area contributed by atoms with Crippen molar-refractivity contribution in [1.82, 2.24) is 10.2 Å². The van der Waals surface area contributed by atoms with Gasteiger partial charge in [0.1, 0.15) is 5.82 Å². The number of hydrogen-bond acceptors (Lipinski definition) is 6. The van der Waals surface area contributed by atoms with E-state index in [9.17, 15) is 9.18 Å². The number of nitrogens with one attached hydrogen (secondary N) is 2. The molecule has 0 unspecified atom stereocenters. The molecule has 26 heavy (non-hydrogen) atoms. The maximum atomic E-state index is 13.6. The summed E-state index contributed by atoms with van der Waals surface area (Å²) in [5.74, 6) is -0.510. The minimum atomic E-state index is -0.380. The van der Waals surface area contributed by atoms with Crippen molar-refractivity contribution in [2.45, 2.75) is 4.34 Å². The first kappa shape index (κ1) is 18.9. The minimum absolute atomic E-state index is 0.122. The SMILES string of the molecule is O=C(CSc1nnc(Nc2ccccc2F)s1)Nc1cccc(Cl)c1Cl. The van der Waals surface area contributed by atoms with Crippen LogP contribution in [0.5, 0.6) is 0 Å². The number of carbonyl (C=O) groups is 1. The molecule has 0 aliphatic rings. The van der Waals surface area contributed by atoms with E-state index in [4.69, 9.17) is 23.2 Å². The highest BCUT2D eigenvalue weighted by atomic mass is 35.5. The molecule has 1 amide bonds. The van der Waals surface area contributed by atoms with Crippen LogP contribution in [0.25, 0.3) is 0 Å². The van der Waals surface area contributed by atoms with Gasteiger partial charge < -0.3 is 10.6 Å². The monoisotopic (exact) mass is 428 g/mol. The zero-order valence-corrected chi connectivity index (χ0v) is 16.1. The fraction of sp³-hybridized carbons (Fsp3) is 0.0625. The number of carbonyl (C=O) groups excluding carboxylic acids is 1. The van der Waals surface area contributed by atoms with Gasteiger partial charge in [0.25, 0.3) is 0 Å². The molecule has 0 spiro atoms. The molecular formula is C16H11Cl2FN4OS2. The van der Waals surface area contributed by atoms with Gasteiger partial charge in [0.2, 0.25) is 11.0 Å². The van der Waals surface area contributed by atoms with Gasteiger partial charge in [-0.3, -0.25) is 4.79 Å². The molecule has 5 nitrogen and oxygen atoms in total. The molecule has 1 aromatic heterocycles. The Morgan fingerprint density at radius 2 is 1.88 bits per heavy atom. The first-order chi connectivity index (χ1) is 12.5. The van der Waals surface area contributed by atoms with Gasteiger partial charge in [-0.15, -0.1) is 10.2 Å². The van der Waals surface area contributed by atoms with Crippen LogP contribution >= 0.6 is 46.3 Å². The predicted molar refractivity (Wildman–Crippen MR) is 105 cm³/mol. The third-order valence-corrected chi connectivity index (χ3v) is 5.87. The molecule has 0 atom stereocenters. The Kier molecular flexibility index (Phi) is 6.31. The highest BCUT2D eigenvalue weighted by molar-refractivity contribution is 8.01. The van der Waals surface area contributed by atoms with Crippen molar-refractivity contribution in [3.63, 3.8) is 0 Å². The Morgan fingerprint density at radius 3 is 2.69 bits per heavy atom. The van der Waals surface area contributed by atoms with Crippen LogP contribution in [0.15, 0.2) is 46.8 Å². The third-order valence-electron chi connectivity index (χ3n) is 3.07. The van der Waals surface area contributed by atoms with Crippen molar-refractivity contribution in [1.29, 1.82) is 0 Å². The second-order valence-electron chi connectivity index (χ2n) is 4.92. The second-order valence-corrected chi connectivity index (χ2v) is 7.90. The maximum absolute atomic E-state index is 13.6. The van der Waals surface area contributed by atoms with Crippen molar-refractivity contribution in [3.8, 4) is 0 Å². The molecule has 0 bridgehead atoms. The molecule has 134 valence electrons. The summed E-state index contributed by atoms with van der Waals surface area (Å²) in [4.78, 5) is 12.0. The number of anilines is 3. The van der Waals surface area contributed by atoms with Crippen molar-refractivity contribution in [3.05, 3.63) is 58.3 Å². The van der Waals surface area contributed by atoms with Crippen molar-refractivity contribution in [2.24, 2.45) is 0 Å². The van der Waals surface area contributed by atoms with Gasteiger partial charge in [0, 0.05) is 0 Å². The second kappa shape index (κ2) is 8.68. The molecule has 1 heterocycles. The zero-order chi connectivity index (χ0) is 18.5. The van der Waals surface area contributed by atoms with E-state index in [0.29, 0.717) is 30.9 Å². The highest BCUT2D eigenvalue weighted by Gasteiger charge is 2.12. The van der Waals surface area contributed by atoms with Crippen LogP contribution < -0.4 is 10.6 Å². The van der Waals surface area contributed by atoms with Gasteiger partial charge in [-0.1, -0.05) is 64.5 Å². The van der Waals surface area contributed by atoms with E-state index in [1.54, 1.807) is 36.4 Å². The third kappa shape index (κ3) is 4.85. The standard InChI is InChI=1S/C16H11Cl2FN4OS2/c17-9-4-3-7-12(14(9)18)20-13(24)8-25-16-23-22-15(26-16)21-11-6-2-1-5-10(11)19/h1-7H,8H2,(H,20,24)(H,21,22). The summed E-state index contributed by atoms with van der Waals surface area (Å²) < 4.78 is 14.2. The normalized spacial score (nSPS) is 10.6. The number of benzene rings is 2. The van der Waals surface area contributed by atoms with E-state index in [-0.39, 0.29) is 17.5 Å². The van der Waals surface area contributed by atoms with E-state index in [2.05, 4.69) is 20.8 Å². The Balaban J connectivity index is 1.55. The van der Waals surface area contributed by atoms with Gasteiger partial charge in [-0.2, -0.15) is 0 Å². The van der Waals surface area contributed by atoms with E-state index in [0.717, 1.165) is 0 Å². The van der Waals surface area contributed by atoms with E-state index < -0.39 is 0 Å². The zero-order valence-electron chi connectivity index (χ0n) is 13.0. The van der Waals surface area contributed by atoms with E-state index in [1.165, 1.54) is 29.2 Å². The summed E-state index contributed by atoms with van der Waals surface area (Å²) in [5.41, 5.74) is 0.762. The number of hydrogen-bond donors (Lipinski definition) is 2. The van der Waals surface area contributed by atoms with Gasteiger partial charge in [-0.05, 0) is 24.3 Å². The summed E-state index contributed by atoms with van der Waals surface area (Å²) in [5, 5.41) is 14.6. The summed E-state index contributed by atoms with van der Waals surface area (Å²) in [6.45, 7) is 0. The first-order valence-electron chi connectivity index (χ1n) is 7.24. The van der Waals surface area contributed by atoms with Crippen LogP contribution in [-0.2, 0) is 4.79 Å². The fourth-order valence-corrected chi connectivity index (χ4v) is 3.82. The molecule has 2 aromatic carbocycles. The number of thioether (sulfide) groups is 1. The number of halogens is 3. The van der Waals surface area contributed by atoms with E-state index in [1.807, 2.05) is 0 Å². The predicted octanol–water partition coefficient (Wildman–Crippen LogP) is 5.46. The number of amides is 1. The molecule has 3 aromatic rings. The van der Waals surface area contributed by atoms with Gasteiger partial charge >= 0.3 is 0 Å². The minimum Gasteiger partial charge on any atom is -0.328 e. The van der Waals surface area contributed by atoms with Crippen LogP contribution in [0, 0.1) is 5.82 Å². The molecule has 0 fully saturated rings. The van der Waals surface area contributed by atoms with Crippen molar-refractivity contribution < 1.29 is 9.18 Å². The summed E-state index contributed by atoms with van der Waals surface area (Å²) in [6.07, 6.45) is 0. The largest absolute Gasteiger partial charge is 0.328 e. The summed E-state index contributed by atoms with van der Waals surface area (Å²) >= 11 is 14.4. The van der Waals surface area contributed by atoms with Gasteiger partial charge in [0.05, 0.1) is 27.2 Å². The first-order valence-corrected chi connectivity index (χ1v) is 9.80. The van der Waals surface area contributed by atoms with Gasteiger partial charge in [-0.25, -0.2) is 4.39 Å². The molecule has 0 aliphatic carbocycles. The van der Waals surface area contributed by atoms with Crippen LogP contribution in [0.1, 0.15) is 0 Å². The lowest BCUT2D eigenvalue weighted by molar-refractivity contribution is -0.113. The van der Waals surface area contributed by atoms with E-state index >= 15 is 0 Å². The molecular weight excluding hydrogens is 418 g/mol. The Labute approximate surface area is 166 Å². The molecule has 0 saturated heterocycles. The summed E-state index contributed by atoms with van der Waals surface area (Å²) in [6, 6.07) is 11.3. The van der Waals surface area contributed by atoms with Crippen LogP contribution in [0.3, 0.4) is 0 Å². The lowest BCUT2D eigenvalue weighted by Gasteiger charge is -2.07. The van der Waals surface area contributed by atoms with Crippen molar-refractivity contribution in [2.75, 3.05) is 16.4 Å². The topological polar surface area (TPSA) is 66.9 Å². The number of nitrogens with zero attached hydrogens (tertiary/aromatic N) is 2. The summed E-state index contributed by atoms with van der Waals surface area (Å²) in [7, 11) is 0. The maximum Gasteiger partial charge on any atom is 0.234 e. The fourth-order valence-electron chi connectivity index (χ4n) is 1.91. The molecule has 2 N–H and O–H groups in total. The smallest absolute Gasteiger partial charge is 0.234 e. The lowest BCUT2D eigenvalue weighted by atomic mass is 10.3. The average Bonchev–Trinajstić information content (AvgIpc) is 3.07. The molecule has 0 saturated carbocycles. The Morgan fingerprint density at radius 1 is 1.12 bits per heavy atom. The quantitative estimate of drug-likeness (QED) is 0.510. The average molecular weight is 429 g/mol. The molecule has 0 aliphatic heterocycles. The Bertz CT molecular complexity index is 938. The number of rotatable bonds is 6. The molecule has 10 heteroatoms. The molecule has 0 radical (unpaired) electrons. The number of para-hydroxylation sites is 1. The van der Waals surface area contributed by atoms with Crippen molar-refractivity contribution >= 4 is 68.7 Å². The van der Waals surface area contributed by atoms with Gasteiger partial charge in [0.15, 0.2) is 4.34 Å². The van der Waals surface area contributed by atoms with Crippen LogP contribution in [-0.4, -0.2) is 21.9 Å². The molecule has 3 rings (SSSR count). The van der Waals surface area contributed by atoms with Crippen LogP contribution in [0.4, 0.5) is 20.9 Å². The number of aromatic nitrogens is 2. The lowest BCUT2D eigenvalue weighted by Crippen LogP contribution is -2.14. The van der Waals surface area contributed by atoms with Crippen LogP contribution in [0.2, 0.25) is 10.0 Å². The highest BCUT2D eigenvalue weighted by Crippen LogP contribution is 2.31. The Hall–Kier alpha value is -1.87.